The molecule has 68 valence electrons. The monoisotopic (exact) mass is 194 g/mol. The Kier molecular flexibility index (Phi) is 1.84. The quantitative estimate of drug-likeness (QED) is 0.755. The summed E-state index contributed by atoms with van der Waals surface area (Å²) in [4.78, 5) is 6.29. The summed E-state index contributed by atoms with van der Waals surface area (Å²) in [6.07, 6.45) is 0. The number of anilines is 1. The molecule has 2 aromatic rings. The van der Waals surface area contributed by atoms with Gasteiger partial charge in [0.05, 0.1) is 10.2 Å². The van der Waals surface area contributed by atoms with Crippen LogP contribution in [0, 0.1) is 0 Å². The van der Waals surface area contributed by atoms with E-state index in [0.29, 0.717) is 5.75 Å². The van der Waals surface area contributed by atoms with E-state index in [1.165, 1.54) is 11.3 Å². The summed E-state index contributed by atoms with van der Waals surface area (Å²) in [5.41, 5.74) is 0.855. The van der Waals surface area contributed by atoms with Crippen LogP contribution in [0.15, 0.2) is 18.2 Å². The van der Waals surface area contributed by atoms with Gasteiger partial charge in [-0.15, -0.1) is 0 Å². The molecule has 2 rings (SSSR count). The molecule has 0 atom stereocenters. The van der Waals surface area contributed by atoms with E-state index in [4.69, 9.17) is 0 Å². The summed E-state index contributed by atoms with van der Waals surface area (Å²) in [6, 6.07) is 5.38. The number of nitrogens with zero attached hydrogens (tertiary/aromatic N) is 2. The number of benzene rings is 1. The van der Waals surface area contributed by atoms with Crippen molar-refractivity contribution in [3.8, 4) is 5.75 Å². The van der Waals surface area contributed by atoms with Gasteiger partial charge in [0, 0.05) is 14.1 Å². The van der Waals surface area contributed by atoms with Gasteiger partial charge in [-0.2, -0.15) is 0 Å². The molecule has 1 N–H and O–H groups in total. The van der Waals surface area contributed by atoms with Crippen molar-refractivity contribution in [3.05, 3.63) is 18.2 Å². The molecular formula is C9H10N2OS. The van der Waals surface area contributed by atoms with Crippen LogP contribution in [0.2, 0.25) is 0 Å². The summed E-state index contributed by atoms with van der Waals surface area (Å²) in [5, 5.41) is 10.4. The van der Waals surface area contributed by atoms with E-state index in [-0.39, 0.29) is 0 Å². The van der Waals surface area contributed by atoms with Crippen LogP contribution in [0.5, 0.6) is 5.75 Å². The summed E-state index contributed by atoms with van der Waals surface area (Å²) in [5.74, 6) is 0.308. The Balaban J connectivity index is 2.68. The molecule has 4 heteroatoms. The van der Waals surface area contributed by atoms with Gasteiger partial charge in [-0.25, -0.2) is 4.98 Å². The van der Waals surface area contributed by atoms with Crippen molar-refractivity contribution in [2.45, 2.75) is 0 Å². The predicted octanol–water partition coefficient (Wildman–Crippen LogP) is 2.07. The van der Waals surface area contributed by atoms with Gasteiger partial charge in [0.1, 0.15) is 5.75 Å². The molecule has 0 radical (unpaired) electrons. The molecule has 0 saturated heterocycles. The molecule has 1 aromatic heterocycles. The van der Waals surface area contributed by atoms with Crippen molar-refractivity contribution in [3.63, 3.8) is 0 Å². The Hall–Kier alpha value is -1.29. The molecule has 1 aromatic carbocycles. The largest absolute Gasteiger partial charge is 0.506 e. The fourth-order valence-electron chi connectivity index (χ4n) is 1.11. The number of thiazole rings is 1. The maximum absolute atomic E-state index is 9.52. The highest BCUT2D eigenvalue weighted by Gasteiger charge is 2.07. The third-order valence-corrected chi connectivity index (χ3v) is 3.03. The fourth-order valence-corrected chi connectivity index (χ4v) is 2.01. The standard InChI is InChI=1S/C9H10N2OS/c1-11(2)9-10-6-4-3-5-7(12)8(6)13-9/h3-5,12H,1-2H3. The zero-order valence-electron chi connectivity index (χ0n) is 7.48. The number of phenolic OH excluding ortho intramolecular Hbond substituents is 1. The summed E-state index contributed by atoms with van der Waals surface area (Å²) in [7, 11) is 3.88. The highest BCUT2D eigenvalue weighted by Crippen LogP contribution is 2.33. The lowest BCUT2D eigenvalue weighted by molar-refractivity contribution is 0.482. The van der Waals surface area contributed by atoms with Crippen LogP contribution in [0.25, 0.3) is 10.2 Å². The van der Waals surface area contributed by atoms with Crippen molar-refractivity contribution in [2.75, 3.05) is 19.0 Å². The lowest BCUT2D eigenvalue weighted by atomic mass is 10.3. The second-order valence-corrected chi connectivity index (χ2v) is 3.99. The van der Waals surface area contributed by atoms with Gasteiger partial charge < -0.3 is 10.0 Å². The van der Waals surface area contributed by atoms with E-state index in [9.17, 15) is 5.11 Å². The van der Waals surface area contributed by atoms with E-state index in [1.54, 1.807) is 12.1 Å². The maximum Gasteiger partial charge on any atom is 0.186 e. The van der Waals surface area contributed by atoms with E-state index in [1.807, 2.05) is 25.1 Å². The fraction of sp³-hybridized carbons (Fsp3) is 0.222. The third-order valence-electron chi connectivity index (χ3n) is 1.77. The smallest absolute Gasteiger partial charge is 0.186 e. The molecule has 1 heterocycles. The lowest BCUT2D eigenvalue weighted by Gasteiger charge is -2.04. The zero-order chi connectivity index (χ0) is 9.42. The molecule has 0 spiro atoms. The Labute approximate surface area is 80.3 Å². The minimum absolute atomic E-state index is 0.308. The number of aromatic nitrogens is 1. The number of rotatable bonds is 1. The van der Waals surface area contributed by atoms with Crippen molar-refractivity contribution in [1.29, 1.82) is 0 Å². The number of phenols is 1. The molecular weight excluding hydrogens is 184 g/mol. The molecule has 0 aliphatic heterocycles. The average Bonchev–Trinajstić information content (AvgIpc) is 2.49. The first kappa shape index (κ1) is 8.31. The number of hydrogen-bond donors (Lipinski definition) is 1. The van der Waals surface area contributed by atoms with Gasteiger partial charge >= 0.3 is 0 Å². The van der Waals surface area contributed by atoms with Crippen LogP contribution >= 0.6 is 11.3 Å². The molecule has 0 unspecified atom stereocenters. The summed E-state index contributed by atoms with van der Waals surface area (Å²) < 4.78 is 0.853. The first-order valence-electron chi connectivity index (χ1n) is 3.94. The lowest BCUT2D eigenvalue weighted by Crippen LogP contribution is -2.07. The first-order valence-corrected chi connectivity index (χ1v) is 4.76. The summed E-state index contributed by atoms with van der Waals surface area (Å²) in [6.45, 7) is 0. The Morgan fingerprint density at radius 3 is 2.77 bits per heavy atom. The normalized spacial score (nSPS) is 10.6. The first-order chi connectivity index (χ1) is 6.18. The zero-order valence-corrected chi connectivity index (χ0v) is 8.30. The van der Waals surface area contributed by atoms with Crippen LogP contribution in [-0.2, 0) is 0 Å². The van der Waals surface area contributed by atoms with Gasteiger partial charge in [-0.1, -0.05) is 17.4 Å². The minimum Gasteiger partial charge on any atom is -0.506 e. The average molecular weight is 194 g/mol. The third kappa shape index (κ3) is 1.33. The molecule has 0 bridgehead atoms. The highest BCUT2D eigenvalue weighted by atomic mass is 32.1. The van der Waals surface area contributed by atoms with E-state index < -0.39 is 0 Å². The topological polar surface area (TPSA) is 36.4 Å². The van der Waals surface area contributed by atoms with Crippen LogP contribution in [0.1, 0.15) is 0 Å². The number of hydrogen-bond acceptors (Lipinski definition) is 4. The maximum atomic E-state index is 9.52. The van der Waals surface area contributed by atoms with Gasteiger partial charge in [0.15, 0.2) is 5.13 Å². The molecule has 0 saturated carbocycles. The van der Waals surface area contributed by atoms with E-state index >= 15 is 0 Å². The summed E-state index contributed by atoms with van der Waals surface area (Å²) >= 11 is 1.50. The second kappa shape index (κ2) is 2.88. The van der Waals surface area contributed by atoms with Crippen molar-refractivity contribution in [1.82, 2.24) is 4.98 Å². The van der Waals surface area contributed by atoms with E-state index in [0.717, 1.165) is 15.3 Å². The van der Waals surface area contributed by atoms with Gasteiger partial charge in [-0.05, 0) is 12.1 Å². The van der Waals surface area contributed by atoms with Crippen LogP contribution in [0.3, 0.4) is 0 Å². The van der Waals surface area contributed by atoms with Crippen LogP contribution < -0.4 is 4.90 Å². The van der Waals surface area contributed by atoms with Crippen LogP contribution in [0.4, 0.5) is 5.13 Å². The van der Waals surface area contributed by atoms with Crippen molar-refractivity contribution >= 4 is 26.7 Å². The molecule has 13 heavy (non-hydrogen) atoms. The van der Waals surface area contributed by atoms with Crippen LogP contribution in [-0.4, -0.2) is 24.2 Å². The Morgan fingerprint density at radius 2 is 2.15 bits per heavy atom. The predicted molar refractivity (Wildman–Crippen MR) is 55.6 cm³/mol. The molecule has 0 aliphatic carbocycles. The van der Waals surface area contributed by atoms with Gasteiger partial charge in [-0.3, -0.25) is 0 Å². The van der Waals surface area contributed by atoms with Crippen molar-refractivity contribution < 1.29 is 5.11 Å². The number of fused-ring (bicyclic) bond motifs is 1. The van der Waals surface area contributed by atoms with Gasteiger partial charge in [0.25, 0.3) is 0 Å². The number of aromatic hydroxyl groups is 1. The van der Waals surface area contributed by atoms with Gasteiger partial charge in [0.2, 0.25) is 0 Å². The highest BCUT2D eigenvalue weighted by molar-refractivity contribution is 7.22. The SMILES string of the molecule is CN(C)c1nc2cccc(O)c2s1. The van der Waals surface area contributed by atoms with E-state index in [2.05, 4.69) is 4.98 Å². The van der Waals surface area contributed by atoms with Crippen molar-refractivity contribution in [2.24, 2.45) is 0 Å². The minimum atomic E-state index is 0.308. The molecule has 0 fully saturated rings. The Morgan fingerprint density at radius 1 is 1.38 bits per heavy atom. The molecule has 0 aliphatic rings. The second-order valence-electron chi connectivity index (χ2n) is 3.02. The Bertz CT molecular complexity index is 436. The molecule has 0 amide bonds. The molecule has 3 nitrogen and oxygen atoms in total.